The van der Waals surface area contributed by atoms with Crippen LogP contribution >= 0.6 is 15.6 Å². The number of rotatable bonds is 71. The fourth-order valence-corrected chi connectivity index (χ4v) is 12.5. The fourth-order valence-electron chi connectivity index (χ4n) is 10.9. The van der Waals surface area contributed by atoms with Crippen molar-refractivity contribution in [1.29, 1.82) is 0 Å². The molecule has 0 radical (unpaired) electrons. The van der Waals surface area contributed by atoms with Gasteiger partial charge in [0.2, 0.25) is 0 Å². The van der Waals surface area contributed by atoms with E-state index in [4.69, 9.17) is 37.0 Å². The Labute approximate surface area is 556 Å². The summed E-state index contributed by atoms with van der Waals surface area (Å²) in [5.41, 5.74) is 0. The second-order valence-electron chi connectivity index (χ2n) is 26.9. The van der Waals surface area contributed by atoms with Gasteiger partial charge in [0.25, 0.3) is 0 Å². The van der Waals surface area contributed by atoms with Crippen LogP contribution in [0.1, 0.15) is 369 Å². The van der Waals surface area contributed by atoms with E-state index in [1.165, 1.54) is 180 Å². The molecule has 0 fully saturated rings. The van der Waals surface area contributed by atoms with E-state index in [0.717, 1.165) is 102 Å². The number of carbonyl (C=O) groups excluding carboxylic acids is 4. The first-order valence-corrected chi connectivity index (χ1v) is 40.5. The minimum Gasteiger partial charge on any atom is -0.462 e. The summed E-state index contributed by atoms with van der Waals surface area (Å²) in [6, 6.07) is 0. The summed E-state index contributed by atoms with van der Waals surface area (Å²) in [6.45, 7) is 9.45. The number of hydrogen-bond acceptors (Lipinski definition) is 15. The van der Waals surface area contributed by atoms with Gasteiger partial charge in [-0.05, 0) is 37.5 Å². The van der Waals surface area contributed by atoms with Gasteiger partial charge >= 0.3 is 39.5 Å². The number of carbonyl (C=O) groups is 4. The lowest BCUT2D eigenvalue weighted by atomic mass is 10.0. The molecule has 17 nitrogen and oxygen atoms in total. The monoisotopic (exact) mass is 1340 g/mol. The van der Waals surface area contributed by atoms with Gasteiger partial charge in [-0.1, -0.05) is 318 Å². The Morgan fingerprint density at radius 1 is 0.297 bits per heavy atom. The molecule has 0 saturated carbocycles. The quantitative estimate of drug-likeness (QED) is 0.0222. The molecule has 540 valence electrons. The van der Waals surface area contributed by atoms with Crippen molar-refractivity contribution in [2.45, 2.75) is 387 Å². The van der Waals surface area contributed by atoms with E-state index < -0.39 is 97.5 Å². The third-order valence-electron chi connectivity index (χ3n) is 16.7. The number of ether oxygens (including phenoxy) is 4. The summed E-state index contributed by atoms with van der Waals surface area (Å²) in [5, 5.41) is 10.6. The van der Waals surface area contributed by atoms with Gasteiger partial charge in [0.05, 0.1) is 26.4 Å². The van der Waals surface area contributed by atoms with Crippen molar-refractivity contribution >= 4 is 39.5 Å². The van der Waals surface area contributed by atoms with Crippen LogP contribution in [-0.4, -0.2) is 96.7 Å². The van der Waals surface area contributed by atoms with Gasteiger partial charge in [-0.25, -0.2) is 9.13 Å². The lowest BCUT2D eigenvalue weighted by Crippen LogP contribution is -2.30. The van der Waals surface area contributed by atoms with Crippen molar-refractivity contribution in [3.63, 3.8) is 0 Å². The van der Waals surface area contributed by atoms with E-state index in [0.29, 0.717) is 31.6 Å². The molecule has 0 saturated heterocycles. The van der Waals surface area contributed by atoms with Crippen molar-refractivity contribution in [3.05, 3.63) is 0 Å². The average Bonchev–Trinajstić information content (AvgIpc) is 3.59. The molecular formula is C72H140O17P2. The first-order valence-electron chi connectivity index (χ1n) is 37.5. The molecule has 0 aliphatic carbocycles. The van der Waals surface area contributed by atoms with E-state index in [2.05, 4.69) is 41.5 Å². The second kappa shape index (κ2) is 64.1. The summed E-state index contributed by atoms with van der Waals surface area (Å²) >= 11 is 0. The van der Waals surface area contributed by atoms with E-state index in [1.54, 1.807) is 0 Å². The van der Waals surface area contributed by atoms with Gasteiger partial charge in [0, 0.05) is 25.7 Å². The third-order valence-corrected chi connectivity index (χ3v) is 18.6. The largest absolute Gasteiger partial charge is 0.472 e. The molecular weight excluding hydrogens is 1200 g/mol. The van der Waals surface area contributed by atoms with Gasteiger partial charge in [0.15, 0.2) is 12.2 Å². The molecule has 0 spiro atoms. The number of hydrogen-bond donors (Lipinski definition) is 3. The minimum atomic E-state index is -4.95. The molecule has 0 heterocycles. The Balaban J connectivity index is 5.15. The van der Waals surface area contributed by atoms with Crippen LogP contribution in [0.3, 0.4) is 0 Å². The molecule has 2 unspecified atom stereocenters. The van der Waals surface area contributed by atoms with Gasteiger partial charge in [0.1, 0.15) is 19.3 Å². The van der Waals surface area contributed by atoms with Crippen molar-refractivity contribution in [2.24, 2.45) is 11.8 Å². The average molecular weight is 1340 g/mol. The Bertz CT molecular complexity index is 1770. The fraction of sp³-hybridized carbons (Fsp3) is 0.944. The van der Waals surface area contributed by atoms with E-state index in [9.17, 15) is 43.2 Å². The number of phosphoric acid groups is 2. The zero-order chi connectivity index (χ0) is 67.2. The Morgan fingerprint density at radius 3 is 0.747 bits per heavy atom. The smallest absolute Gasteiger partial charge is 0.462 e. The first kappa shape index (κ1) is 89.1. The van der Waals surface area contributed by atoms with E-state index >= 15 is 0 Å². The maximum atomic E-state index is 13.0. The Kier molecular flexibility index (Phi) is 62.7. The topological polar surface area (TPSA) is 237 Å². The summed E-state index contributed by atoms with van der Waals surface area (Å²) in [7, 11) is -9.90. The van der Waals surface area contributed by atoms with Crippen LogP contribution < -0.4 is 0 Å². The maximum Gasteiger partial charge on any atom is 0.472 e. The van der Waals surface area contributed by atoms with Crippen molar-refractivity contribution in [2.75, 3.05) is 39.6 Å². The van der Waals surface area contributed by atoms with E-state index in [1.807, 2.05) is 0 Å². The van der Waals surface area contributed by atoms with Crippen LogP contribution in [0, 0.1) is 11.8 Å². The number of aliphatic hydroxyl groups is 1. The Hall–Kier alpha value is -1.94. The number of esters is 4. The molecule has 91 heavy (non-hydrogen) atoms. The van der Waals surface area contributed by atoms with E-state index in [-0.39, 0.29) is 25.7 Å². The zero-order valence-corrected chi connectivity index (χ0v) is 60.9. The summed E-state index contributed by atoms with van der Waals surface area (Å²) in [4.78, 5) is 72.5. The molecule has 0 aliphatic heterocycles. The predicted molar refractivity (Wildman–Crippen MR) is 368 cm³/mol. The molecule has 0 amide bonds. The molecule has 0 aromatic carbocycles. The van der Waals surface area contributed by atoms with Crippen molar-refractivity contribution in [1.82, 2.24) is 0 Å². The SMILES string of the molecule is CCCCCCCCCCCCCCCCCCCCCCCC(=O)O[C@H](COC(=O)CCCCCCCCCCCC(C)C)COP(=O)(O)OC[C@@H](O)COP(=O)(O)OC[C@@H](COC(=O)CCCCCCCCCC)OC(=O)CCCCCCCCCC(C)C. The highest BCUT2D eigenvalue weighted by Crippen LogP contribution is 2.45. The standard InChI is InChI=1S/C72H140O17P2/c1-7-9-11-13-15-17-18-19-20-21-22-23-24-25-26-27-28-31-38-44-50-56-71(76)88-67(61-83-70(75)55-49-43-37-32-29-30-34-40-46-52-64(3)4)62-86-90(78,79)84-58-66(73)59-85-91(80,81)87-63-68(60-82-69(74)54-48-42-36-16-14-12-10-8-2)89-72(77)57-51-45-39-33-35-41-47-53-65(5)6/h64-68,73H,7-63H2,1-6H3,(H,78,79)(H,80,81)/t66-,67-,68-/m1/s1. The van der Waals surface area contributed by atoms with Crippen LogP contribution in [0.2, 0.25) is 0 Å². The second-order valence-corrected chi connectivity index (χ2v) is 29.8. The molecule has 5 atom stereocenters. The third kappa shape index (κ3) is 66.5. The highest BCUT2D eigenvalue weighted by atomic mass is 31.2. The molecule has 0 rings (SSSR count). The normalized spacial score (nSPS) is 14.1. The molecule has 0 bridgehead atoms. The lowest BCUT2D eigenvalue weighted by molar-refractivity contribution is -0.161. The molecule has 19 heteroatoms. The van der Waals surface area contributed by atoms with Crippen LogP contribution in [0.15, 0.2) is 0 Å². The number of phosphoric ester groups is 2. The van der Waals surface area contributed by atoms with Crippen LogP contribution in [-0.2, 0) is 65.4 Å². The maximum absolute atomic E-state index is 13.0. The van der Waals surface area contributed by atoms with Crippen molar-refractivity contribution < 1.29 is 80.2 Å². The summed E-state index contributed by atoms with van der Waals surface area (Å²) in [6.07, 6.45) is 50.3. The predicted octanol–water partition coefficient (Wildman–Crippen LogP) is 20.8. The first-order chi connectivity index (χ1) is 43.9. The van der Waals surface area contributed by atoms with Gasteiger partial charge in [-0.3, -0.25) is 37.3 Å². The van der Waals surface area contributed by atoms with Gasteiger partial charge in [-0.15, -0.1) is 0 Å². The summed E-state index contributed by atoms with van der Waals surface area (Å²) < 4.78 is 68.2. The van der Waals surface area contributed by atoms with Gasteiger partial charge < -0.3 is 33.8 Å². The van der Waals surface area contributed by atoms with Crippen LogP contribution in [0.5, 0.6) is 0 Å². The minimum absolute atomic E-state index is 0.103. The Morgan fingerprint density at radius 2 is 0.505 bits per heavy atom. The highest BCUT2D eigenvalue weighted by molar-refractivity contribution is 7.47. The molecule has 3 N–H and O–H groups in total. The van der Waals surface area contributed by atoms with Gasteiger partial charge in [-0.2, -0.15) is 0 Å². The van der Waals surface area contributed by atoms with Crippen molar-refractivity contribution in [3.8, 4) is 0 Å². The van der Waals surface area contributed by atoms with Crippen LogP contribution in [0.25, 0.3) is 0 Å². The molecule has 0 aromatic heterocycles. The lowest BCUT2D eigenvalue weighted by Gasteiger charge is -2.21. The highest BCUT2D eigenvalue weighted by Gasteiger charge is 2.30. The number of aliphatic hydroxyl groups excluding tert-OH is 1. The molecule has 0 aromatic rings. The van der Waals surface area contributed by atoms with Crippen LogP contribution in [0.4, 0.5) is 0 Å². The molecule has 0 aliphatic rings. The number of unbranched alkanes of at least 4 members (excludes halogenated alkanes) is 41. The summed E-state index contributed by atoms with van der Waals surface area (Å²) in [5.74, 6) is -0.689. The zero-order valence-electron chi connectivity index (χ0n) is 59.1.